The second-order valence-electron chi connectivity index (χ2n) is 27.3. The van der Waals surface area contributed by atoms with E-state index in [0.29, 0.717) is 0 Å². The SMILES string of the molecule is C/C=C/C[C@@H](C)[C@@H](O)[C@H]1C(=O)N[C@@H]([C@@H](C)O)C(=O)N(C)CC(=O)N(C)[C@@H](CC(C)C)C(=O)N[C@@H](CC(C)C)C(=O)N(C)[C@@H](CC(C)C)C(=O)N[C@@H](C)C(=O)O[C@H](C(C)C)C(=O)N(C)[C@@H](CC(C)C)C(=O)N[C@@H](CC(C)C)C(=O)N(C)[C@@H](C(C)C)C(=O)N1C. The van der Waals surface area contributed by atoms with Gasteiger partial charge >= 0.3 is 5.97 Å². The fourth-order valence-corrected chi connectivity index (χ4v) is 10.8. The summed E-state index contributed by atoms with van der Waals surface area (Å²) in [7, 11) is 8.12. The van der Waals surface area contributed by atoms with Crippen LogP contribution in [0.15, 0.2) is 12.2 Å². The molecule has 0 saturated carbocycles. The minimum Gasteiger partial charge on any atom is -0.450 e. The predicted molar refractivity (Wildman–Crippen MR) is 337 cm³/mol. The van der Waals surface area contributed by atoms with Gasteiger partial charge in [-0.1, -0.05) is 116 Å². The van der Waals surface area contributed by atoms with Crippen molar-refractivity contribution in [2.75, 3.05) is 48.8 Å². The molecule has 6 N–H and O–H groups in total. The lowest BCUT2D eigenvalue weighted by Crippen LogP contribution is -2.64. The standard InChI is InChI=1S/C64H114N10O14/c1-25-26-27-41(16)53(77)52-58(81)68-50(43(18)75)61(84)69(19)33-49(76)70(20)46(30-36(6)7)56(79)66-44(28-34(2)3)59(82)71(21)47(31-37(8)9)55(78)65-42(17)64(87)88-54(40(14)15)63(86)72(22)48(32-38(10)11)57(80)67-45(29-35(4)5)60(83)73(23)51(39(12)13)62(85)74(52)24/h25-26,34-48,50-54,75,77H,27-33H2,1-24H3,(H,65,78)(H,66,79)(H,67,80)(H,68,81)/b26-25+/t41-,42+,43-,44+,45+,46+,47+,48+,50+,51+,52+,53-,54-/m1/s1. The zero-order valence-corrected chi connectivity index (χ0v) is 57.6. The molecule has 1 fully saturated rings. The van der Waals surface area contributed by atoms with Gasteiger partial charge in [-0.05, 0) is 107 Å². The zero-order chi connectivity index (χ0) is 68.3. The molecule has 24 heteroatoms. The Labute approximate surface area is 525 Å². The molecule has 1 aliphatic rings. The van der Waals surface area contributed by atoms with Crippen molar-refractivity contribution in [1.29, 1.82) is 0 Å². The van der Waals surface area contributed by atoms with Gasteiger partial charge in [0, 0.05) is 42.3 Å². The Morgan fingerprint density at radius 3 is 1.27 bits per heavy atom. The topological polar surface area (TPSA) is 305 Å². The maximum atomic E-state index is 15.1. The quantitative estimate of drug-likeness (QED) is 0.0900. The molecule has 88 heavy (non-hydrogen) atoms. The molecule has 0 aromatic carbocycles. The lowest BCUT2D eigenvalue weighted by molar-refractivity contribution is -0.166. The van der Waals surface area contributed by atoms with Crippen molar-refractivity contribution < 1.29 is 67.7 Å². The van der Waals surface area contributed by atoms with Gasteiger partial charge < -0.3 is 65.6 Å². The van der Waals surface area contributed by atoms with Crippen LogP contribution in [0.1, 0.15) is 163 Å². The average molecular weight is 1250 g/mol. The molecule has 13 atom stereocenters. The zero-order valence-electron chi connectivity index (χ0n) is 57.6. The molecule has 0 unspecified atom stereocenters. The van der Waals surface area contributed by atoms with Gasteiger partial charge in [0.2, 0.25) is 53.2 Å². The third-order valence-corrected chi connectivity index (χ3v) is 16.1. The van der Waals surface area contributed by atoms with E-state index in [1.165, 1.54) is 70.8 Å². The van der Waals surface area contributed by atoms with Gasteiger partial charge in [-0.3, -0.25) is 47.9 Å². The number of nitrogens with zero attached hydrogens (tertiary/aromatic N) is 6. The molecule has 24 nitrogen and oxygen atoms in total. The maximum Gasteiger partial charge on any atom is 0.329 e. The summed E-state index contributed by atoms with van der Waals surface area (Å²) in [5.74, 6) is -11.6. The van der Waals surface area contributed by atoms with E-state index in [0.717, 1.165) is 14.7 Å². The number of carbonyl (C=O) groups excluding carboxylic acids is 11. The van der Waals surface area contributed by atoms with Crippen LogP contribution in [0.4, 0.5) is 0 Å². The summed E-state index contributed by atoms with van der Waals surface area (Å²) in [5, 5.41) is 34.2. The molecule has 0 aromatic heterocycles. The molecule has 0 spiro atoms. The highest BCUT2D eigenvalue weighted by atomic mass is 16.6. The minimum absolute atomic E-state index is 0.0804. The third-order valence-electron chi connectivity index (χ3n) is 16.1. The highest BCUT2D eigenvalue weighted by Crippen LogP contribution is 2.25. The first-order valence-corrected chi connectivity index (χ1v) is 31.5. The van der Waals surface area contributed by atoms with E-state index in [2.05, 4.69) is 21.3 Å². The summed E-state index contributed by atoms with van der Waals surface area (Å²) < 4.78 is 5.89. The van der Waals surface area contributed by atoms with E-state index in [4.69, 9.17) is 4.74 Å². The van der Waals surface area contributed by atoms with E-state index >= 15 is 4.79 Å². The first-order valence-electron chi connectivity index (χ1n) is 31.5. The van der Waals surface area contributed by atoms with Crippen LogP contribution in [0.25, 0.3) is 0 Å². The number of allylic oxidation sites excluding steroid dienone is 2. The Morgan fingerprint density at radius 1 is 0.477 bits per heavy atom. The Morgan fingerprint density at radius 2 is 0.875 bits per heavy atom. The number of ether oxygens (including phenoxy) is 1. The van der Waals surface area contributed by atoms with Crippen molar-refractivity contribution in [3.63, 3.8) is 0 Å². The smallest absolute Gasteiger partial charge is 0.329 e. The molecule has 0 aromatic rings. The molecule has 504 valence electrons. The molecular formula is C64H114N10O14. The fourth-order valence-electron chi connectivity index (χ4n) is 10.8. The van der Waals surface area contributed by atoms with E-state index in [-0.39, 0.29) is 68.1 Å². The first-order chi connectivity index (χ1) is 40.5. The highest BCUT2D eigenvalue weighted by Gasteiger charge is 2.46. The van der Waals surface area contributed by atoms with Gasteiger partial charge in [-0.2, -0.15) is 0 Å². The minimum atomic E-state index is -1.75. The Kier molecular flexibility index (Phi) is 33.1. The first kappa shape index (κ1) is 79.8. The number of esters is 1. The lowest BCUT2D eigenvalue weighted by Gasteiger charge is -2.40. The normalized spacial score (nSPS) is 26.7. The van der Waals surface area contributed by atoms with Crippen LogP contribution in [0, 0.1) is 47.3 Å². The molecule has 1 heterocycles. The molecular weight excluding hydrogens is 1130 g/mol. The van der Waals surface area contributed by atoms with Crippen LogP contribution in [0.2, 0.25) is 0 Å². The summed E-state index contributed by atoms with van der Waals surface area (Å²) in [5.41, 5.74) is 0. The molecule has 0 radical (unpaired) electrons. The van der Waals surface area contributed by atoms with Crippen molar-refractivity contribution in [2.45, 2.75) is 236 Å². The van der Waals surface area contributed by atoms with Gasteiger partial charge in [-0.25, -0.2) is 4.79 Å². The number of hydrogen-bond acceptors (Lipinski definition) is 14. The number of nitrogens with one attached hydrogen (secondary N) is 4. The second-order valence-corrected chi connectivity index (χ2v) is 27.3. The molecule has 0 bridgehead atoms. The summed E-state index contributed by atoms with van der Waals surface area (Å²) in [6.45, 7) is 30.5. The van der Waals surface area contributed by atoms with Gasteiger partial charge in [0.1, 0.15) is 54.4 Å². The summed E-state index contributed by atoms with van der Waals surface area (Å²) in [4.78, 5) is 167. The Hall–Kier alpha value is -6.17. The monoisotopic (exact) mass is 1250 g/mol. The van der Waals surface area contributed by atoms with Gasteiger partial charge in [0.15, 0.2) is 6.10 Å². The van der Waals surface area contributed by atoms with E-state index < -0.39 is 162 Å². The molecule has 10 amide bonds. The summed E-state index contributed by atoms with van der Waals surface area (Å²) >= 11 is 0. The Balaban J connectivity index is 4.41. The summed E-state index contributed by atoms with van der Waals surface area (Å²) in [6.07, 6.45) is -0.368. The fraction of sp³-hybridized carbons (Fsp3) is 0.797. The van der Waals surface area contributed by atoms with Gasteiger partial charge in [0.05, 0.1) is 18.8 Å². The number of hydrogen-bond donors (Lipinski definition) is 6. The molecule has 1 aliphatic heterocycles. The number of rotatable bonds is 17. The van der Waals surface area contributed by atoms with Gasteiger partial charge in [-0.15, -0.1) is 0 Å². The van der Waals surface area contributed by atoms with Crippen molar-refractivity contribution >= 4 is 65.0 Å². The second kappa shape index (κ2) is 36.5. The largest absolute Gasteiger partial charge is 0.450 e. The van der Waals surface area contributed by atoms with Crippen LogP contribution in [-0.2, 0) is 57.5 Å². The van der Waals surface area contributed by atoms with Crippen LogP contribution >= 0.6 is 0 Å². The molecule has 1 rings (SSSR count). The predicted octanol–water partition coefficient (Wildman–Crippen LogP) is 3.35. The third kappa shape index (κ3) is 23.3. The Bertz CT molecular complexity index is 2390. The number of amides is 10. The van der Waals surface area contributed by atoms with Crippen molar-refractivity contribution in [3.8, 4) is 0 Å². The van der Waals surface area contributed by atoms with E-state index in [1.54, 1.807) is 53.7 Å². The highest BCUT2D eigenvalue weighted by molar-refractivity contribution is 5.99. The number of aliphatic hydroxyl groups is 2. The van der Waals surface area contributed by atoms with E-state index in [1.807, 2.05) is 69.2 Å². The van der Waals surface area contributed by atoms with Crippen LogP contribution < -0.4 is 21.3 Å². The average Bonchev–Trinajstić information content (AvgIpc) is 3.61. The number of cyclic esters (lactones) is 1. The summed E-state index contributed by atoms with van der Waals surface area (Å²) in [6, 6.07) is -12.2. The maximum absolute atomic E-state index is 15.1. The van der Waals surface area contributed by atoms with Crippen LogP contribution in [0.3, 0.4) is 0 Å². The van der Waals surface area contributed by atoms with Crippen LogP contribution in [-0.4, -0.2) is 226 Å². The number of likely N-dealkylation sites (N-methyl/N-ethyl adjacent to an activating group) is 6. The van der Waals surface area contributed by atoms with Crippen molar-refractivity contribution in [3.05, 3.63) is 12.2 Å². The van der Waals surface area contributed by atoms with Gasteiger partial charge in [0.25, 0.3) is 5.91 Å². The molecule has 1 saturated heterocycles. The lowest BCUT2D eigenvalue weighted by atomic mass is 9.91. The number of aliphatic hydroxyl groups excluding tert-OH is 2. The molecule has 0 aliphatic carbocycles. The number of carbonyl (C=O) groups is 11. The van der Waals surface area contributed by atoms with Crippen molar-refractivity contribution in [2.24, 2.45) is 47.3 Å². The van der Waals surface area contributed by atoms with Crippen molar-refractivity contribution in [1.82, 2.24) is 50.7 Å². The van der Waals surface area contributed by atoms with E-state index in [9.17, 15) is 58.2 Å². The van der Waals surface area contributed by atoms with Crippen LogP contribution in [0.5, 0.6) is 0 Å².